The number of hydrogen-bond donors (Lipinski definition) is 1. The van der Waals surface area contributed by atoms with E-state index in [0.717, 1.165) is 0 Å². The summed E-state index contributed by atoms with van der Waals surface area (Å²) in [5.74, 6) is -1.49. The Kier molecular flexibility index (Phi) is 13.8. The number of esters is 2. The highest BCUT2D eigenvalue weighted by atomic mass is 16.8. The van der Waals surface area contributed by atoms with Gasteiger partial charge in [-0.2, -0.15) is 0 Å². The van der Waals surface area contributed by atoms with Crippen LogP contribution < -0.4 is 15.2 Å². The molecule has 0 saturated carbocycles. The molecule has 0 fully saturated rings. The van der Waals surface area contributed by atoms with E-state index in [2.05, 4.69) is 0 Å². The zero-order chi connectivity index (χ0) is 29.9. The van der Waals surface area contributed by atoms with E-state index in [1.807, 2.05) is 27.7 Å². The minimum Gasteiger partial charge on any atom is -0.462 e. The minimum absolute atomic E-state index is 0.0141. The zero-order valence-corrected chi connectivity index (χ0v) is 24.3. The highest BCUT2D eigenvalue weighted by Gasteiger charge is 2.24. The molecule has 0 heterocycles. The standard InChI is InChI=1S/C28H43NO10/c1-15(2)19(8)36-27(32)38-23-11-10-21(13-24(23)39-28(33)37-20(9)16(3)4)12-22(29)26(31)35-18(7)14-34-25(30)17(5)6/h10-11,13,15-20,22H,12,14,29H2,1-9H3/t18-,19?,20?,22-/m0/s1. The summed E-state index contributed by atoms with van der Waals surface area (Å²) < 4.78 is 31.5. The van der Waals surface area contributed by atoms with Crippen LogP contribution in [-0.4, -0.2) is 55.2 Å². The van der Waals surface area contributed by atoms with Crippen molar-refractivity contribution in [2.24, 2.45) is 23.5 Å². The SMILES string of the molecule is CC(C)C(=O)OC[C@H](C)OC(=O)[C@@H](N)Cc1ccc(OC(=O)OC(C)C(C)C)c(OC(=O)OC(C)C(C)C)c1. The summed E-state index contributed by atoms with van der Waals surface area (Å²) in [5.41, 5.74) is 6.53. The van der Waals surface area contributed by atoms with Crippen LogP contribution in [0.5, 0.6) is 11.5 Å². The van der Waals surface area contributed by atoms with E-state index in [1.165, 1.54) is 12.1 Å². The van der Waals surface area contributed by atoms with Gasteiger partial charge in [-0.3, -0.25) is 9.59 Å². The van der Waals surface area contributed by atoms with Crippen LogP contribution in [0.3, 0.4) is 0 Å². The molecular weight excluding hydrogens is 510 g/mol. The van der Waals surface area contributed by atoms with Crippen molar-refractivity contribution in [1.82, 2.24) is 0 Å². The van der Waals surface area contributed by atoms with Gasteiger partial charge in [0.25, 0.3) is 0 Å². The van der Waals surface area contributed by atoms with Gasteiger partial charge in [-0.15, -0.1) is 0 Å². The second kappa shape index (κ2) is 15.9. The van der Waals surface area contributed by atoms with E-state index in [1.54, 1.807) is 40.7 Å². The van der Waals surface area contributed by atoms with Crippen molar-refractivity contribution in [3.8, 4) is 11.5 Å². The monoisotopic (exact) mass is 553 g/mol. The smallest absolute Gasteiger partial charge is 0.462 e. The van der Waals surface area contributed by atoms with Crippen LogP contribution >= 0.6 is 0 Å². The van der Waals surface area contributed by atoms with Crippen LogP contribution in [0.2, 0.25) is 0 Å². The molecule has 1 aromatic carbocycles. The fourth-order valence-corrected chi connectivity index (χ4v) is 2.67. The second-order valence-corrected chi connectivity index (χ2v) is 10.5. The maximum absolute atomic E-state index is 12.5. The molecule has 11 heteroatoms. The molecule has 0 aliphatic heterocycles. The lowest BCUT2D eigenvalue weighted by molar-refractivity contribution is -0.160. The van der Waals surface area contributed by atoms with Crippen molar-refractivity contribution < 1.29 is 47.6 Å². The second-order valence-electron chi connectivity index (χ2n) is 10.5. The first-order valence-electron chi connectivity index (χ1n) is 13.1. The van der Waals surface area contributed by atoms with Crippen LogP contribution in [0.1, 0.15) is 67.9 Å². The molecule has 2 N–H and O–H groups in total. The van der Waals surface area contributed by atoms with Gasteiger partial charge in [-0.05, 0) is 56.7 Å². The highest BCUT2D eigenvalue weighted by molar-refractivity contribution is 5.76. The topological polar surface area (TPSA) is 150 Å². The van der Waals surface area contributed by atoms with E-state index in [0.29, 0.717) is 5.56 Å². The molecule has 0 spiro atoms. The number of benzene rings is 1. The molecule has 0 aliphatic rings. The molecule has 0 radical (unpaired) electrons. The summed E-state index contributed by atoms with van der Waals surface area (Å²) in [4.78, 5) is 48.8. The maximum atomic E-state index is 12.5. The number of ether oxygens (including phenoxy) is 6. The van der Waals surface area contributed by atoms with Crippen molar-refractivity contribution in [2.45, 2.75) is 93.1 Å². The lowest BCUT2D eigenvalue weighted by Gasteiger charge is -2.19. The Morgan fingerprint density at radius 2 is 1.23 bits per heavy atom. The average Bonchev–Trinajstić information content (AvgIpc) is 2.83. The summed E-state index contributed by atoms with van der Waals surface area (Å²) in [6, 6.07) is 3.30. The number of carbonyl (C=O) groups excluding carboxylic acids is 4. The Balaban J connectivity index is 2.99. The molecule has 0 amide bonds. The number of hydrogen-bond acceptors (Lipinski definition) is 11. The van der Waals surface area contributed by atoms with E-state index in [-0.39, 0.29) is 42.3 Å². The summed E-state index contributed by atoms with van der Waals surface area (Å²) in [6.45, 7) is 15.9. The van der Waals surface area contributed by atoms with Crippen LogP contribution in [0.15, 0.2) is 18.2 Å². The third-order valence-corrected chi connectivity index (χ3v) is 5.84. The van der Waals surface area contributed by atoms with Gasteiger partial charge in [0.05, 0.1) is 5.92 Å². The molecule has 1 aromatic rings. The lowest BCUT2D eigenvalue weighted by Crippen LogP contribution is -2.37. The van der Waals surface area contributed by atoms with Gasteiger partial charge in [0.1, 0.15) is 31.0 Å². The fourth-order valence-electron chi connectivity index (χ4n) is 2.67. The van der Waals surface area contributed by atoms with Crippen LogP contribution in [0.4, 0.5) is 9.59 Å². The number of rotatable bonds is 13. The molecule has 39 heavy (non-hydrogen) atoms. The summed E-state index contributed by atoms with van der Waals surface area (Å²) in [7, 11) is 0. The third-order valence-electron chi connectivity index (χ3n) is 5.84. The molecule has 0 bridgehead atoms. The molecular formula is C28H43NO10. The van der Waals surface area contributed by atoms with Gasteiger partial charge in [0.2, 0.25) is 0 Å². The number of nitrogens with two attached hydrogens (primary N) is 1. The molecule has 11 nitrogen and oxygen atoms in total. The molecule has 0 aromatic heterocycles. The van der Waals surface area contributed by atoms with Crippen LogP contribution in [0, 0.1) is 17.8 Å². The highest BCUT2D eigenvalue weighted by Crippen LogP contribution is 2.30. The van der Waals surface area contributed by atoms with Crippen molar-refractivity contribution in [3.05, 3.63) is 23.8 Å². The first-order chi connectivity index (χ1) is 18.1. The average molecular weight is 554 g/mol. The van der Waals surface area contributed by atoms with Crippen molar-refractivity contribution in [1.29, 1.82) is 0 Å². The first-order valence-corrected chi connectivity index (χ1v) is 13.1. The molecule has 0 aliphatic carbocycles. The predicted molar refractivity (Wildman–Crippen MR) is 142 cm³/mol. The molecule has 1 rings (SSSR count). The molecule has 220 valence electrons. The summed E-state index contributed by atoms with van der Waals surface area (Å²) >= 11 is 0. The Bertz CT molecular complexity index is 975. The van der Waals surface area contributed by atoms with Gasteiger partial charge >= 0.3 is 24.2 Å². The van der Waals surface area contributed by atoms with Gasteiger partial charge in [0.15, 0.2) is 11.5 Å². The first kappa shape index (κ1) is 33.7. The Hall–Kier alpha value is -3.34. The Labute approximate surface area is 230 Å². The molecule has 0 saturated heterocycles. The van der Waals surface area contributed by atoms with Crippen molar-refractivity contribution in [2.75, 3.05) is 6.61 Å². The molecule has 2 unspecified atom stereocenters. The summed E-state index contributed by atoms with van der Waals surface area (Å²) in [6.07, 6.45) is -3.47. The van der Waals surface area contributed by atoms with E-state index in [4.69, 9.17) is 34.2 Å². The minimum atomic E-state index is -1.07. The molecule has 4 atom stereocenters. The Morgan fingerprint density at radius 3 is 1.72 bits per heavy atom. The van der Waals surface area contributed by atoms with Gasteiger partial charge < -0.3 is 34.2 Å². The van der Waals surface area contributed by atoms with Crippen molar-refractivity contribution >= 4 is 24.2 Å². The zero-order valence-electron chi connectivity index (χ0n) is 24.3. The lowest BCUT2D eigenvalue weighted by atomic mass is 10.1. The van der Waals surface area contributed by atoms with Crippen LogP contribution in [-0.2, 0) is 35.0 Å². The maximum Gasteiger partial charge on any atom is 0.514 e. The van der Waals surface area contributed by atoms with Gasteiger partial charge in [0, 0.05) is 0 Å². The van der Waals surface area contributed by atoms with Crippen LogP contribution in [0.25, 0.3) is 0 Å². The van der Waals surface area contributed by atoms with E-state index >= 15 is 0 Å². The largest absolute Gasteiger partial charge is 0.514 e. The van der Waals surface area contributed by atoms with Crippen molar-refractivity contribution in [3.63, 3.8) is 0 Å². The fraction of sp³-hybridized carbons (Fsp3) is 0.643. The number of carbonyl (C=O) groups is 4. The van der Waals surface area contributed by atoms with Gasteiger partial charge in [-0.1, -0.05) is 47.6 Å². The Morgan fingerprint density at radius 1 is 0.718 bits per heavy atom. The third kappa shape index (κ3) is 12.4. The van der Waals surface area contributed by atoms with Gasteiger partial charge in [-0.25, -0.2) is 9.59 Å². The predicted octanol–water partition coefficient (Wildman–Crippen LogP) is 4.81. The quantitative estimate of drug-likeness (QED) is 0.204. The van der Waals surface area contributed by atoms with E-state index < -0.39 is 48.6 Å². The summed E-state index contributed by atoms with van der Waals surface area (Å²) in [5, 5.41) is 0. The normalized spacial score (nSPS) is 14.3. The van der Waals surface area contributed by atoms with E-state index in [9.17, 15) is 19.2 Å².